The Morgan fingerprint density at radius 3 is 1.91 bits per heavy atom. The second-order valence-corrected chi connectivity index (χ2v) is 8.05. The molecule has 3 amide bonds. The molecule has 0 aliphatic rings. The SMILES string of the molecule is CCC(C)C(NC(=O)CNC(=O)C(N)CCCN=C(N)N)C(=O)NC(CCCN=C(N)N)C(=O)O. The van der Waals surface area contributed by atoms with Crippen LogP contribution < -0.4 is 44.6 Å². The maximum absolute atomic E-state index is 12.8. The number of amides is 3. The van der Waals surface area contributed by atoms with Gasteiger partial charge in [0.25, 0.3) is 0 Å². The van der Waals surface area contributed by atoms with Crippen molar-refractivity contribution < 1.29 is 24.3 Å². The molecule has 4 atom stereocenters. The Balaban J connectivity index is 4.86. The highest BCUT2D eigenvalue weighted by Crippen LogP contribution is 2.09. The van der Waals surface area contributed by atoms with Gasteiger partial charge in [-0.3, -0.25) is 24.4 Å². The third-order valence-corrected chi connectivity index (χ3v) is 5.10. The Bertz CT molecular complexity index is 765. The zero-order chi connectivity index (χ0) is 27.0. The fourth-order valence-corrected chi connectivity index (χ4v) is 2.90. The number of guanidine groups is 2. The molecule has 0 saturated heterocycles. The molecule has 0 aliphatic carbocycles. The van der Waals surface area contributed by atoms with E-state index < -0.39 is 48.4 Å². The molecule has 0 bridgehead atoms. The molecule has 0 spiro atoms. The first-order chi connectivity index (χ1) is 16.4. The number of carbonyl (C=O) groups excluding carboxylic acids is 3. The highest BCUT2D eigenvalue weighted by Gasteiger charge is 2.29. The zero-order valence-electron chi connectivity index (χ0n) is 20.3. The van der Waals surface area contributed by atoms with Crippen molar-refractivity contribution in [2.75, 3.05) is 19.6 Å². The van der Waals surface area contributed by atoms with Crippen LogP contribution in [0.2, 0.25) is 0 Å². The first-order valence-electron chi connectivity index (χ1n) is 11.4. The summed E-state index contributed by atoms with van der Waals surface area (Å²) >= 11 is 0. The summed E-state index contributed by atoms with van der Waals surface area (Å²) in [6.45, 7) is 3.69. The van der Waals surface area contributed by atoms with Gasteiger partial charge < -0.3 is 49.7 Å². The van der Waals surface area contributed by atoms with Crippen LogP contribution >= 0.6 is 0 Å². The minimum Gasteiger partial charge on any atom is -0.480 e. The van der Waals surface area contributed by atoms with Gasteiger partial charge >= 0.3 is 5.97 Å². The topological polar surface area (TPSA) is 279 Å². The summed E-state index contributed by atoms with van der Waals surface area (Å²) in [5, 5.41) is 16.8. The van der Waals surface area contributed by atoms with E-state index in [9.17, 15) is 24.3 Å². The monoisotopic (exact) mass is 500 g/mol. The van der Waals surface area contributed by atoms with E-state index in [1.807, 2.05) is 6.92 Å². The quantitative estimate of drug-likeness (QED) is 0.0543. The number of aliphatic imine (C=N–C) groups is 2. The van der Waals surface area contributed by atoms with E-state index in [4.69, 9.17) is 28.7 Å². The lowest BCUT2D eigenvalue weighted by Crippen LogP contribution is -2.55. The van der Waals surface area contributed by atoms with Crippen LogP contribution in [0.5, 0.6) is 0 Å². The Kier molecular flexibility index (Phi) is 15.2. The van der Waals surface area contributed by atoms with E-state index in [0.717, 1.165) is 0 Å². The van der Waals surface area contributed by atoms with Gasteiger partial charge in [-0.15, -0.1) is 0 Å². The van der Waals surface area contributed by atoms with Crippen molar-refractivity contribution in [2.24, 2.45) is 44.6 Å². The molecular formula is C20H40N10O5. The molecule has 0 saturated carbocycles. The Morgan fingerprint density at radius 1 is 0.886 bits per heavy atom. The van der Waals surface area contributed by atoms with E-state index in [1.54, 1.807) is 6.92 Å². The fraction of sp³-hybridized carbons (Fsp3) is 0.700. The predicted octanol–water partition coefficient (Wildman–Crippen LogP) is -3.36. The lowest BCUT2D eigenvalue weighted by molar-refractivity contribution is -0.142. The van der Waals surface area contributed by atoms with Gasteiger partial charge in [-0.25, -0.2) is 4.79 Å². The summed E-state index contributed by atoms with van der Waals surface area (Å²) < 4.78 is 0. The molecule has 0 fully saturated rings. The van der Waals surface area contributed by atoms with Crippen LogP contribution in [0.25, 0.3) is 0 Å². The lowest BCUT2D eigenvalue weighted by Gasteiger charge is -2.25. The molecule has 0 aliphatic heterocycles. The van der Waals surface area contributed by atoms with Crippen molar-refractivity contribution in [1.82, 2.24) is 16.0 Å². The van der Waals surface area contributed by atoms with E-state index in [-0.39, 0.29) is 30.8 Å². The molecule has 200 valence electrons. The minimum absolute atomic E-state index is 0.0554. The third-order valence-electron chi connectivity index (χ3n) is 5.10. The van der Waals surface area contributed by atoms with Crippen molar-refractivity contribution in [2.45, 2.75) is 64.1 Å². The van der Waals surface area contributed by atoms with Gasteiger partial charge in [0.15, 0.2) is 11.9 Å². The van der Waals surface area contributed by atoms with Gasteiger partial charge in [0.2, 0.25) is 17.7 Å². The molecule has 4 unspecified atom stereocenters. The molecule has 0 aromatic rings. The van der Waals surface area contributed by atoms with Crippen LogP contribution in [0, 0.1) is 5.92 Å². The average molecular weight is 501 g/mol. The van der Waals surface area contributed by atoms with Crippen molar-refractivity contribution in [3.8, 4) is 0 Å². The molecular weight excluding hydrogens is 460 g/mol. The van der Waals surface area contributed by atoms with Gasteiger partial charge in [-0.2, -0.15) is 0 Å². The van der Waals surface area contributed by atoms with Crippen LogP contribution in [0.3, 0.4) is 0 Å². The van der Waals surface area contributed by atoms with Crippen molar-refractivity contribution in [1.29, 1.82) is 0 Å². The second kappa shape index (κ2) is 16.9. The summed E-state index contributed by atoms with van der Waals surface area (Å²) in [5.74, 6) is -3.50. The van der Waals surface area contributed by atoms with Gasteiger partial charge in [0.1, 0.15) is 12.1 Å². The van der Waals surface area contributed by atoms with Crippen molar-refractivity contribution in [3.05, 3.63) is 0 Å². The molecule has 0 heterocycles. The summed E-state index contributed by atoms with van der Waals surface area (Å²) in [7, 11) is 0. The second-order valence-electron chi connectivity index (χ2n) is 8.05. The summed E-state index contributed by atoms with van der Waals surface area (Å²) in [6, 6.07) is -3.05. The molecule has 0 radical (unpaired) electrons. The highest BCUT2D eigenvalue weighted by molar-refractivity contribution is 5.92. The number of nitrogens with two attached hydrogens (primary N) is 5. The molecule has 15 heteroatoms. The van der Waals surface area contributed by atoms with Gasteiger partial charge in [-0.1, -0.05) is 20.3 Å². The number of carbonyl (C=O) groups is 4. The number of aliphatic carboxylic acids is 1. The fourth-order valence-electron chi connectivity index (χ4n) is 2.90. The molecule has 0 aromatic heterocycles. The van der Waals surface area contributed by atoms with Crippen LogP contribution in [0.4, 0.5) is 0 Å². The first-order valence-corrected chi connectivity index (χ1v) is 11.4. The van der Waals surface area contributed by atoms with Gasteiger partial charge in [-0.05, 0) is 31.6 Å². The highest BCUT2D eigenvalue weighted by atomic mass is 16.4. The standard InChI is InChI=1S/C20H40N10O5/c1-3-11(2)15(17(33)29-13(18(34)35)7-5-9-27-20(24)25)30-14(31)10-28-16(32)12(21)6-4-8-26-19(22)23/h11-13,15H,3-10,21H2,1-2H3,(H,28,32)(H,29,33)(H,30,31)(H,34,35)(H4,22,23,26)(H4,24,25,27). The minimum atomic E-state index is -1.22. The first kappa shape index (κ1) is 31.4. The number of rotatable bonds is 17. The van der Waals surface area contributed by atoms with Crippen LogP contribution in [0.15, 0.2) is 9.98 Å². The average Bonchev–Trinajstić information content (AvgIpc) is 2.79. The summed E-state index contributed by atoms with van der Waals surface area (Å²) in [4.78, 5) is 56.4. The Labute approximate surface area is 204 Å². The van der Waals surface area contributed by atoms with E-state index >= 15 is 0 Å². The van der Waals surface area contributed by atoms with Crippen molar-refractivity contribution >= 4 is 35.6 Å². The summed E-state index contributed by atoms with van der Waals surface area (Å²) in [5.41, 5.74) is 26.7. The molecule has 0 rings (SSSR count). The van der Waals surface area contributed by atoms with Crippen LogP contribution in [0.1, 0.15) is 46.0 Å². The number of nitrogens with one attached hydrogen (secondary N) is 3. The van der Waals surface area contributed by atoms with Gasteiger partial charge in [0.05, 0.1) is 12.6 Å². The van der Waals surface area contributed by atoms with Crippen LogP contribution in [-0.2, 0) is 19.2 Å². The summed E-state index contributed by atoms with van der Waals surface area (Å²) in [6.07, 6.45) is 1.74. The van der Waals surface area contributed by atoms with Crippen LogP contribution in [-0.4, -0.2) is 78.5 Å². The number of hydrogen-bond donors (Lipinski definition) is 9. The smallest absolute Gasteiger partial charge is 0.326 e. The van der Waals surface area contributed by atoms with E-state index in [0.29, 0.717) is 32.2 Å². The predicted molar refractivity (Wildman–Crippen MR) is 132 cm³/mol. The number of carboxylic acid groups (broad SMARTS) is 1. The maximum Gasteiger partial charge on any atom is 0.326 e. The van der Waals surface area contributed by atoms with E-state index in [1.165, 1.54) is 0 Å². The normalized spacial score (nSPS) is 13.9. The molecule has 15 nitrogen and oxygen atoms in total. The van der Waals surface area contributed by atoms with E-state index in [2.05, 4.69) is 25.9 Å². The number of carboxylic acids is 1. The maximum atomic E-state index is 12.8. The largest absolute Gasteiger partial charge is 0.480 e. The Hall–Kier alpha value is -3.62. The number of nitrogens with zero attached hydrogens (tertiary/aromatic N) is 2. The Morgan fingerprint density at radius 2 is 1.43 bits per heavy atom. The lowest BCUT2D eigenvalue weighted by atomic mass is 9.97. The van der Waals surface area contributed by atoms with Crippen molar-refractivity contribution in [3.63, 3.8) is 0 Å². The number of hydrogen-bond acceptors (Lipinski definition) is 7. The molecule has 0 aromatic carbocycles. The molecule has 35 heavy (non-hydrogen) atoms. The zero-order valence-corrected chi connectivity index (χ0v) is 20.3. The molecule has 14 N–H and O–H groups in total. The van der Waals surface area contributed by atoms with Gasteiger partial charge in [0, 0.05) is 13.1 Å². The third kappa shape index (κ3) is 14.3.